The molecule has 2 aromatic rings. The van der Waals surface area contributed by atoms with Crippen molar-refractivity contribution in [2.24, 2.45) is 5.73 Å². The van der Waals surface area contributed by atoms with Gasteiger partial charge in [0.05, 0.1) is 0 Å². The van der Waals surface area contributed by atoms with Crippen molar-refractivity contribution in [1.29, 1.82) is 0 Å². The molecule has 0 aliphatic heterocycles. The summed E-state index contributed by atoms with van der Waals surface area (Å²) in [6.45, 7) is 2.06. The van der Waals surface area contributed by atoms with E-state index < -0.39 is 16.7 Å². The smallest absolute Gasteiger partial charge is 0.230 e. The Labute approximate surface area is 118 Å². The minimum Gasteiger partial charge on any atom is -0.369 e. The highest BCUT2D eigenvalue weighted by atomic mass is 32.2. The fraction of sp³-hybridized carbons (Fsp3) is 0.214. The number of hydrogen-bond donors (Lipinski definition) is 1. The van der Waals surface area contributed by atoms with Gasteiger partial charge in [0, 0.05) is 16.6 Å². The summed E-state index contributed by atoms with van der Waals surface area (Å²) in [5.74, 6) is -0.256. The molecule has 0 aliphatic carbocycles. The summed E-state index contributed by atoms with van der Waals surface area (Å²) in [5.41, 5.74) is 9.52. The van der Waals surface area contributed by atoms with Crippen molar-refractivity contribution in [2.45, 2.75) is 12.7 Å². The van der Waals surface area contributed by atoms with Crippen LogP contribution in [-0.4, -0.2) is 15.9 Å². The van der Waals surface area contributed by atoms with Gasteiger partial charge in [0.1, 0.15) is 5.75 Å². The maximum absolute atomic E-state index is 11.8. The maximum atomic E-state index is 11.8. The number of benzene rings is 1. The van der Waals surface area contributed by atoms with E-state index in [1.807, 2.05) is 24.3 Å². The summed E-state index contributed by atoms with van der Waals surface area (Å²) in [4.78, 5) is 10.8. The molecule has 19 heavy (non-hydrogen) atoms. The summed E-state index contributed by atoms with van der Waals surface area (Å²) >= 11 is 1.65. The molecule has 1 amide bonds. The van der Waals surface area contributed by atoms with Crippen LogP contribution in [0.15, 0.2) is 35.0 Å². The van der Waals surface area contributed by atoms with Gasteiger partial charge in [0.2, 0.25) is 5.91 Å². The van der Waals surface area contributed by atoms with Gasteiger partial charge in [0.25, 0.3) is 0 Å². The molecule has 2 N–H and O–H groups in total. The van der Waals surface area contributed by atoms with Gasteiger partial charge < -0.3 is 5.73 Å². The van der Waals surface area contributed by atoms with Crippen molar-refractivity contribution in [2.75, 3.05) is 5.75 Å². The zero-order chi connectivity index (χ0) is 13.8. The molecule has 0 aliphatic rings. The lowest BCUT2D eigenvalue weighted by Crippen LogP contribution is -2.20. The van der Waals surface area contributed by atoms with Crippen LogP contribution in [0.1, 0.15) is 11.1 Å². The molecule has 0 saturated carbocycles. The molecule has 0 radical (unpaired) electrons. The topological polar surface area (TPSA) is 60.2 Å². The zero-order valence-corrected chi connectivity index (χ0v) is 12.2. The van der Waals surface area contributed by atoms with Crippen LogP contribution in [0.5, 0.6) is 0 Å². The van der Waals surface area contributed by atoms with Gasteiger partial charge in [-0.25, -0.2) is 0 Å². The van der Waals surface area contributed by atoms with Crippen LogP contribution in [0.2, 0.25) is 0 Å². The molecule has 1 atom stereocenters. The van der Waals surface area contributed by atoms with Gasteiger partial charge in [0.15, 0.2) is 0 Å². The minimum atomic E-state index is -1.25. The van der Waals surface area contributed by atoms with Gasteiger partial charge >= 0.3 is 0 Å². The first kappa shape index (κ1) is 14.0. The number of thiophene rings is 1. The number of aryl methyl sites for hydroxylation is 1. The van der Waals surface area contributed by atoms with Crippen LogP contribution in [-0.2, 0) is 21.3 Å². The van der Waals surface area contributed by atoms with Crippen molar-refractivity contribution >= 4 is 28.0 Å². The number of nitrogens with two attached hydrogens (primary N) is 1. The molecular weight excluding hydrogens is 278 g/mol. The summed E-state index contributed by atoms with van der Waals surface area (Å²) < 4.78 is 11.8. The number of rotatable bonds is 5. The molecule has 1 heterocycles. The van der Waals surface area contributed by atoms with Crippen LogP contribution in [0.4, 0.5) is 0 Å². The van der Waals surface area contributed by atoms with Crippen molar-refractivity contribution in [1.82, 2.24) is 0 Å². The maximum Gasteiger partial charge on any atom is 0.230 e. The Kier molecular flexibility index (Phi) is 4.50. The van der Waals surface area contributed by atoms with Gasteiger partial charge in [-0.2, -0.15) is 11.3 Å². The summed E-state index contributed by atoms with van der Waals surface area (Å²) in [6, 6.07) is 7.85. The molecule has 1 aromatic carbocycles. The average Bonchev–Trinajstić information content (AvgIpc) is 2.75. The van der Waals surface area contributed by atoms with E-state index >= 15 is 0 Å². The lowest BCUT2D eigenvalue weighted by atomic mass is 10.0. The Balaban J connectivity index is 2.30. The highest BCUT2D eigenvalue weighted by Gasteiger charge is 2.11. The SMILES string of the molecule is Cc1cscc1-c1ccccc1C[S@](=O)CC(N)=O. The van der Waals surface area contributed by atoms with E-state index in [4.69, 9.17) is 5.73 Å². The molecule has 1 aromatic heterocycles. The van der Waals surface area contributed by atoms with Crippen molar-refractivity contribution < 1.29 is 9.00 Å². The van der Waals surface area contributed by atoms with E-state index in [0.29, 0.717) is 5.75 Å². The van der Waals surface area contributed by atoms with Crippen molar-refractivity contribution in [3.05, 3.63) is 46.2 Å². The average molecular weight is 293 g/mol. The largest absolute Gasteiger partial charge is 0.369 e. The Morgan fingerprint density at radius 1 is 1.26 bits per heavy atom. The molecule has 0 unspecified atom stereocenters. The third-order valence-corrected chi connectivity index (χ3v) is 4.88. The molecule has 0 saturated heterocycles. The summed E-state index contributed by atoms with van der Waals surface area (Å²) in [5, 5.41) is 4.18. The van der Waals surface area contributed by atoms with Crippen molar-refractivity contribution in [3.63, 3.8) is 0 Å². The molecular formula is C14H15NO2S2. The highest BCUT2D eigenvalue weighted by molar-refractivity contribution is 7.84. The lowest BCUT2D eigenvalue weighted by molar-refractivity contribution is -0.115. The lowest BCUT2D eigenvalue weighted by Gasteiger charge is -2.08. The number of primary amides is 1. The van der Waals surface area contributed by atoms with Crippen LogP contribution >= 0.6 is 11.3 Å². The molecule has 5 heteroatoms. The van der Waals surface area contributed by atoms with Crippen LogP contribution in [0.25, 0.3) is 11.1 Å². The molecule has 100 valence electrons. The summed E-state index contributed by atoms with van der Waals surface area (Å²) in [6.07, 6.45) is 0. The Hall–Kier alpha value is -1.46. The second kappa shape index (κ2) is 6.12. The molecule has 0 bridgehead atoms. The van der Waals surface area contributed by atoms with Crippen LogP contribution in [0.3, 0.4) is 0 Å². The normalized spacial score (nSPS) is 12.3. The molecule has 0 spiro atoms. The van der Waals surface area contributed by atoms with E-state index in [-0.39, 0.29) is 5.75 Å². The van der Waals surface area contributed by atoms with Crippen LogP contribution in [0, 0.1) is 6.92 Å². The van der Waals surface area contributed by atoms with Gasteiger partial charge in [-0.1, -0.05) is 24.3 Å². The van der Waals surface area contributed by atoms with E-state index in [1.165, 1.54) is 5.56 Å². The predicted octanol–water partition coefficient (Wildman–Crippen LogP) is 2.46. The van der Waals surface area contributed by atoms with E-state index in [0.717, 1.165) is 16.7 Å². The first-order valence-electron chi connectivity index (χ1n) is 5.82. The first-order valence-corrected chi connectivity index (χ1v) is 8.25. The third-order valence-electron chi connectivity index (χ3n) is 2.78. The van der Waals surface area contributed by atoms with E-state index in [9.17, 15) is 9.00 Å². The van der Waals surface area contributed by atoms with Crippen LogP contribution < -0.4 is 5.73 Å². The van der Waals surface area contributed by atoms with Gasteiger partial charge in [-0.3, -0.25) is 9.00 Å². The second-order valence-electron chi connectivity index (χ2n) is 4.32. The molecule has 0 fully saturated rings. The number of carbonyl (C=O) groups excluding carboxylic acids is 1. The Morgan fingerprint density at radius 2 is 2.00 bits per heavy atom. The number of amides is 1. The number of hydrogen-bond acceptors (Lipinski definition) is 3. The first-order chi connectivity index (χ1) is 9.08. The molecule has 3 nitrogen and oxygen atoms in total. The fourth-order valence-electron chi connectivity index (χ4n) is 1.93. The monoisotopic (exact) mass is 293 g/mol. The third kappa shape index (κ3) is 3.52. The van der Waals surface area contributed by atoms with Gasteiger partial charge in [-0.15, -0.1) is 0 Å². The standard InChI is InChI=1S/C14H15NO2S2/c1-10-6-18-7-13(10)12-5-3-2-4-11(12)8-19(17)9-14(15)16/h2-7H,8-9H2,1H3,(H2,15,16)/t19-/m0/s1. The van der Waals surface area contributed by atoms with E-state index in [2.05, 4.69) is 17.7 Å². The van der Waals surface area contributed by atoms with E-state index in [1.54, 1.807) is 11.3 Å². The number of carbonyl (C=O) groups is 1. The summed E-state index contributed by atoms with van der Waals surface area (Å²) in [7, 11) is -1.25. The zero-order valence-electron chi connectivity index (χ0n) is 10.6. The Morgan fingerprint density at radius 3 is 2.63 bits per heavy atom. The predicted molar refractivity (Wildman–Crippen MR) is 80.4 cm³/mol. The fourth-order valence-corrected chi connectivity index (χ4v) is 3.79. The Bertz CT molecular complexity index is 619. The van der Waals surface area contributed by atoms with Crippen molar-refractivity contribution in [3.8, 4) is 11.1 Å². The second-order valence-corrected chi connectivity index (χ2v) is 6.52. The minimum absolute atomic E-state index is 0.0864. The quantitative estimate of drug-likeness (QED) is 0.920. The molecule has 2 rings (SSSR count). The highest BCUT2D eigenvalue weighted by Crippen LogP contribution is 2.30. The van der Waals surface area contributed by atoms with Gasteiger partial charge in [-0.05, 0) is 39.9 Å².